The van der Waals surface area contributed by atoms with Crippen molar-refractivity contribution in [3.05, 3.63) is 0 Å². The highest BCUT2D eigenvalue weighted by molar-refractivity contribution is 4.70. The molecule has 0 aromatic rings. The van der Waals surface area contributed by atoms with Crippen LogP contribution in [0.25, 0.3) is 0 Å². The maximum Gasteiger partial charge on any atom is -0.0414 e. The van der Waals surface area contributed by atoms with E-state index in [0.717, 1.165) is 35.5 Å². The molecule has 1 rings (SSSR count). The van der Waals surface area contributed by atoms with Crippen LogP contribution in [0.4, 0.5) is 0 Å². The summed E-state index contributed by atoms with van der Waals surface area (Å²) in [5, 5.41) is 0. The number of unbranched alkanes of at least 4 members (excludes halogenated alkanes) is 1. The van der Waals surface area contributed by atoms with Gasteiger partial charge in [0.1, 0.15) is 0 Å². The van der Waals surface area contributed by atoms with Gasteiger partial charge in [-0.3, -0.25) is 0 Å². The van der Waals surface area contributed by atoms with Crippen molar-refractivity contribution in [1.29, 1.82) is 0 Å². The average Bonchev–Trinajstić information content (AvgIpc) is 2.91. The molecule has 0 aromatic heterocycles. The van der Waals surface area contributed by atoms with Gasteiger partial charge in [-0.15, -0.1) is 0 Å². The lowest BCUT2D eigenvalue weighted by molar-refractivity contribution is 0.296. The maximum atomic E-state index is 2.56. The zero-order valence-corrected chi connectivity index (χ0v) is 27.8. The monoisotopic (exact) mass is 533 g/mol. The fourth-order valence-electron chi connectivity index (χ4n) is 7.88. The van der Waals surface area contributed by atoms with Crippen LogP contribution in [0.2, 0.25) is 0 Å². The van der Waals surface area contributed by atoms with Crippen molar-refractivity contribution in [2.75, 3.05) is 0 Å². The normalized spacial score (nSPS) is 28.3. The summed E-state index contributed by atoms with van der Waals surface area (Å²) in [6.45, 7) is 14.6. The van der Waals surface area contributed by atoms with Crippen LogP contribution in [0.1, 0.15) is 208 Å². The van der Waals surface area contributed by atoms with Crippen LogP contribution in [0.5, 0.6) is 0 Å². The molecule has 1 aliphatic rings. The largest absolute Gasteiger partial charge is 0.0654 e. The fourth-order valence-corrected chi connectivity index (χ4v) is 7.88. The summed E-state index contributed by atoms with van der Waals surface area (Å²) in [5.74, 6) is 5.94. The molecule has 5 atom stereocenters. The van der Waals surface area contributed by atoms with Crippen molar-refractivity contribution in [3.8, 4) is 0 Å². The summed E-state index contributed by atoms with van der Waals surface area (Å²) in [4.78, 5) is 0. The van der Waals surface area contributed by atoms with E-state index in [1.807, 2.05) is 0 Å². The number of hydrogen-bond acceptors (Lipinski definition) is 0. The maximum absolute atomic E-state index is 2.56. The smallest absolute Gasteiger partial charge is 0.0414 e. The highest BCUT2D eigenvalue weighted by Crippen LogP contribution is 2.32. The lowest BCUT2D eigenvalue weighted by atomic mass is 9.83. The second kappa shape index (κ2) is 24.8. The summed E-state index contributed by atoms with van der Waals surface area (Å²) in [6, 6.07) is 0. The van der Waals surface area contributed by atoms with Crippen LogP contribution in [0, 0.1) is 35.5 Å². The van der Waals surface area contributed by atoms with E-state index in [1.54, 1.807) is 0 Å². The first-order valence-corrected chi connectivity index (χ1v) is 18.6. The van der Waals surface area contributed by atoms with Crippen LogP contribution < -0.4 is 0 Å². The summed E-state index contributed by atoms with van der Waals surface area (Å²) in [7, 11) is 0. The summed E-state index contributed by atoms with van der Waals surface area (Å²) < 4.78 is 0. The van der Waals surface area contributed by atoms with Gasteiger partial charge in [0.25, 0.3) is 0 Å². The first kappa shape index (κ1) is 36.0. The van der Waals surface area contributed by atoms with E-state index in [1.165, 1.54) is 167 Å². The van der Waals surface area contributed by atoms with Crippen molar-refractivity contribution in [1.82, 2.24) is 0 Å². The van der Waals surface area contributed by atoms with Crippen molar-refractivity contribution in [2.45, 2.75) is 208 Å². The van der Waals surface area contributed by atoms with Crippen LogP contribution in [-0.2, 0) is 0 Å². The van der Waals surface area contributed by atoms with Gasteiger partial charge in [-0.2, -0.15) is 0 Å². The lowest BCUT2D eigenvalue weighted by Gasteiger charge is -2.23. The van der Waals surface area contributed by atoms with E-state index >= 15 is 0 Å². The van der Waals surface area contributed by atoms with E-state index < -0.39 is 0 Å². The summed E-state index contributed by atoms with van der Waals surface area (Å²) in [5.41, 5.74) is 0. The second-order valence-electron chi connectivity index (χ2n) is 14.2. The highest BCUT2D eigenvalue weighted by atomic mass is 14.2. The molecule has 228 valence electrons. The Bertz CT molecular complexity index is 476. The Kier molecular flexibility index (Phi) is 23.5. The first-order chi connectivity index (χ1) is 18.6. The molecule has 0 aliphatic heterocycles. The molecule has 0 amide bonds. The Balaban J connectivity index is 2.76. The van der Waals surface area contributed by atoms with Gasteiger partial charge in [-0.05, 0) is 35.5 Å². The highest BCUT2D eigenvalue weighted by Gasteiger charge is 2.17. The predicted molar refractivity (Wildman–Crippen MR) is 175 cm³/mol. The molecule has 1 fully saturated rings. The van der Waals surface area contributed by atoms with Gasteiger partial charge < -0.3 is 0 Å². The van der Waals surface area contributed by atoms with E-state index in [0.29, 0.717) is 0 Å². The zero-order valence-electron chi connectivity index (χ0n) is 27.8. The topological polar surface area (TPSA) is 0 Å². The molecular weight excluding hydrogens is 456 g/mol. The van der Waals surface area contributed by atoms with E-state index in [4.69, 9.17) is 0 Å². The molecule has 0 nitrogen and oxygen atoms in total. The van der Waals surface area contributed by atoms with E-state index in [9.17, 15) is 0 Å². The molecule has 1 aliphatic carbocycles. The Labute approximate surface area is 243 Å². The van der Waals surface area contributed by atoms with Crippen molar-refractivity contribution in [3.63, 3.8) is 0 Å². The van der Waals surface area contributed by atoms with Gasteiger partial charge in [0.2, 0.25) is 0 Å². The van der Waals surface area contributed by atoms with Crippen molar-refractivity contribution in [2.24, 2.45) is 35.5 Å². The molecule has 0 saturated heterocycles. The Morgan fingerprint density at radius 3 is 1.32 bits per heavy atom. The molecule has 1 saturated carbocycles. The van der Waals surface area contributed by atoms with Gasteiger partial charge in [0.05, 0.1) is 0 Å². The van der Waals surface area contributed by atoms with Crippen molar-refractivity contribution >= 4 is 0 Å². The third kappa shape index (κ3) is 18.4. The molecule has 38 heavy (non-hydrogen) atoms. The minimum absolute atomic E-state index is 0.940. The third-order valence-corrected chi connectivity index (χ3v) is 10.9. The molecule has 0 spiro atoms. The van der Waals surface area contributed by atoms with Crippen LogP contribution in [0.15, 0.2) is 0 Å². The molecule has 0 bridgehead atoms. The van der Waals surface area contributed by atoms with Crippen LogP contribution in [-0.4, -0.2) is 0 Å². The SMILES string of the molecule is CCCCC1CCCC(CCC)CCCC(CC)CCCC(C)CCCC(CCCC(CC)CC)CCC1. The summed E-state index contributed by atoms with van der Waals surface area (Å²) >= 11 is 0. The summed E-state index contributed by atoms with van der Waals surface area (Å²) in [6.07, 6.45) is 38.4. The van der Waals surface area contributed by atoms with Crippen LogP contribution >= 0.6 is 0 Å². The Morgan fingerprint density at radius 2 is 0.895 bits per heavy atom. The third-order valence-electron chi connectivity index (χ3n) is 10.9. The minimum atomic E-state index is 0.940. The predicted octanol–water partition coefficient (Wildman–Crippen LogP) is 14.0. The molecule has 0 radical (unpaired) electrons. The Morgan fingerprint density at radius 1 is 0.474 bits per heavy atom. The molecule has 0 heteroatoms. The standard InChI is InChI=1S/C38H76/c1-7-12-22-37-30-17-28-36(19-8-2)27-16-25-35(11-5)24-13-20-33(6)21-14-26-38(32-18-31-37)29-15-23-34(9-3)10-4/h33-38H,7-32H2,1-6H3. The number of rotatable bonds is 12. The first-order valence-electron chi connectivity index (χ1n) is 18.6. The Hall–Kier alpha value is 0. The zero-order chi connectivity index (χ0) is 27.8. The minimum Gasteiger partial charge on any atom is -0.0654 e. The molecule has 5 unspecified atom stereocenters. The van der Waals surface area contributed by atoms with Crippen LogP contribution in [0.3, 0.4) is 0 Å². The molecular formula is C38H76. The fraction of sp³-hybridized carbons (Fsp3) is 1.00. The van der Waals surface area contributed by atoms with Crippen molar-refractivity contribution < 1.29 is 0 Å². The molecule has 0 aromatic carbocycles. The van der Waals surface area contributed by atoms with E-state index in [2.05, 4.69) is 41.5 Å². The second-order valence-corrected chi connectivity index (χ2v) is 14.2. The lowest BCUT2D eigenvalue weighted by Crippen LogP contribution is -2.09. The van der Waals surface area contributed by atoms with Gasteiger partial charge in [0, 0.05) is 0 Å². The molecule has 0 heterocycles. The van der Waals surface area contributed by atoms with E-state index in [-0.39, 0.29) is 0 Å². The van der Waals surface area contributed by atoms with Gasteiger partial charge in [-0.25, -0.2) is 0 Å². The van der Waals surface area contributed by atoms with Gasteiger partial charge >= 0.3 is 0 Å². The number of hydrogen-bond donors (Lipinski definition) is 0. The molecule has 0 N–H and O–H groups in total. The van der Waals surface area contributed by atoms with Gasteiger partial charge in [0.15, 0.2) is 0 Å². The average molecular weight is 533 g/mol. The quantitative estimate of drug-likeness (QED) is 0.234. The van der Waals surface area contributed by atoms with Gasteiger partial charge in [-0.1, -0.05) is 208 Å².